The summed E-state index contributed by atoms with van der Waals surface area (Å²) >= 11 is 14.6. The molecule has 0 saturated heterocycles. The largest absolute Gasteiger partial charge is 0.477 e. The van der Waals surface area contributed by atoms with Crippen molar-refractivity contribution in [3.05, 3.63) is 50.1 Å². The normalized spacial score (nSPS) is 10.6. The molecule has 18 heavy (non-hydrogen) atoms. The van der Waals surface area contributed by atoms with Crippen LogP contribution in [0, 0.1) is 0 Å². The highest BCUT2D eigenvalue weighted by Crippen LogP contribution is 2.31. The van der Waals surface area contributed by atoms with Gasteiger partial charge in [-0.2, -0.15) is 0 Å². The molecule has 0 unspecified atom stereocenters. The Morgan fingerprint density at radius 2 is 2.00 bits per heavy atom. The van der Waals surface area contributed by atoms with Crippen LogP contribution < -0.4 is 0 Å². The molecule has 0 bridgehead atoms. The first-order valence-corrected chi connectivity index (χ1v) is 7.52. The summed E-state index contributed by atoms with van der Waals surface area (Å²) in [6, 6.07) is 8.91. The molecule has 2 nitrogen and oxygen atoms in total. The lowest BCUT2D eigenvalue weighted by Crippen LogP contribution is -1.89. The number of thiophene rings is 1. The molecule has 0 aliphatic carbocycles. The summed E-state index contributed by atoms with van der Waals surface area (Å²) in [6.45, 7) is 0. The van der Waals surface area contributed by atoms with Crippen LogP contribution in [0.1, 0.15) is 14.5 Å². The Labute approximate surface area is 123 Å². The van der Waals surface area contributed by atoms with Gasteiger partial charge in [0.1, 0.15) is 4.88 Å². The van der Waals surface area contributed by atoms with Gasteiger partial charge in [0.25, 0.3) is 0 Å². The average Bonchev–Trinajstić information content (AvgIpc) is 2.79. The Balaban J connectivity index is 2.02. The van der Waals surface area contributed by atoms with E-state index in [4.69, 9.17) is 28.3 Å². The van der Waals surface area contributed by atoms with E-state index < -0.39 is 5.97 Å². The van der Waals surface area contributed by atoms with E-state index in [2.05, 4.69) is 0 Å². The number of hydrogen-bond acceptors (Lipinski definition) is 3. The minimum Gasteiger partial charge on any atom is -0.477 e. The number of thioether (sulfide) groups is 1. The molecule has 94 valence electrons. The van der Waals surface area contributed by atoms with Crippen LogP contribution in [0.25, 0.3) is 0 Å². The monoisotopic (exact) mass is 318 g/mol. The van der Waals surface area contributed by atoms with Gasteiger partial charge in [-0.15, -0.1) is 23.1 Å². The first kappa shape index (κ1) is 13.7. The molecular weight excluding hydrogens is 311 g/mol. The number of aromatic carboxylic acids is 1. The lowest BCUT2D eigenvalue weighted by Gasteiger charge is -2.01. The van der Waals surface area contributed by atoms with Crippen LogP contribution in [0.4, 0.5) is 0 Å². The topological polar surface area (TPSA) is 37.3 Å². The van der Waals surface area contributed by atoms with Crippen LogP contribution in [0.5, 0.6) is 0 Å². The smallest absolute Gasteiger partial charge is 0.345 e. The Bertz CT molecular complexity index is 581. The molecule has 1 N–H and O–H groups in total. The maximum atomic E-state index is 10.7. The van der Waals surface area contributed by atoms with E-state index in [9.17, 15) is 4.79 Å². The van der Waals surface area contributed by atoms with Gasteiger partial charge in [0.2, 0.25) is 0 Å². The third-order valence-corrected chi connectivity index (χ3v) is 5.18. The predicted octanol–water partition coefficient (Wildman–Crippen LogP) is 5.05. The number of halogens is 2. The van der Waals surface area contributed by atoms with Crippen molar-refractivity contribution in [2.45, 2.75) is 10.6 Å². The quantitative estimate of drug-likeness (QED) is 0.802. The van der Waals surface area contributed by atoms with Crippen LogP contribution >= 0.6 is 46.3 Å². The van der Waals surface area contributed by atoms with Gasteiger partial charge in [-0.25, -0.2) is 4.79 Å². The molecule has 0 saturated carbocycles. The van der Waals surface area contributed by atoms with Gasteiger partial charge in [0, 0.05) is 15.5 Å². The number of rotatable bonds is 4. The van der Waals surface area contributed by atoms with Crippen molar-refractivity contribution in [1.29, 1.82) is 0 Å². The van der Waals surface area contributed by atoms with Crippen molar-refractivity contribution in [2.24, 2.45) is 0 Å². The summed E-state index contributed by atoms with van der Waals surface area (Å²) in [5.74, 6) is -0.165. The van der Waals surface area contributed by atoms with E-state index in [0.29, 0.717) is 14.9 Å². The molecule has 0 fully saturated rings. The Morgan fingerprint density at radius 1 is 1.22 bits per heavy atom. The highest BCUT2D eigenvalue weighted by molar-refractivity contribution is 7.98. The maximum absolute atomic E-state index is 10.7. The minimum atomic E-state index is -0.884. The summed E-state index contributed by atoms with van der Waals surface area (Å²) in [7, 11) is 0. The van der Waals surface area contributed by atoms with Gasteiger partial charge in [0.15, 0.2) is 0 Å². The van der Waals surface area contributed by atoms with E-state index in [0.717, 1.165) is 15.5 Å². The van der Waals surface area contributed by atoms with Gasteiger partial charge in [-0.1, -0.05) is 23.2 Å². The summed E-state index contributed by atoms with van der Waals surface area (Å²) in [5, 5.41) is 9.88. The van der Waals surface area contributed by atoms with Crippen LogP contribution in [-0.4, -0.2) is 11.1 Å². The first-order valence-electron chi connectivity index (χ1n) is 4.96. The van der Waals surface area contributed by atoms with Crippen molar-refractivity contribution in [3.8, 4) is 0 Å². The Hall–Kier alpha value is -0.680. The van der Waals surface area contributed by atoms with Crippen molar-refractivity contribution >= 4 is 52.3 Å². The SMILES string of the molecule is O=C(O)c1ccc(CSc2ccc(Cl)c(Cl)c2)s1. The molecule has 2 rings (SSSR count). The van der Waals surface area contributed by atoms with Gasteiger partial charge >= 0.3 is 5.97 Å². The number of carbonyl (C=O) groups is 1. The van der Waals surface area contributed by atoms with Gasteiger partial charge in [-0.3, -0.25) is 0 Å². The molecule has 2 aromatic rings. The lowest BCUT2D eigenvalue weighted by molar-refractivity contribution is 0.0702. The van der Waals surface area contributed by atoms with Crippen LogP contribution in [-0.2, 0) is 5.75 Å². The van der Waals surface area contributed by atoms with E-state index in [1.807, 2.05) is 12.1 Å². The van der Waals surface area contributed by atoms with Crippen LogP contribution in [0.3, 0.4) is 0 Å². The van der Waals surface area contributed by atoms with E-state index in [1.165, 1.54) is 11.3 Å². The van der Waals surface area contributed by atoms with Crippen molar-refractivity contribution in [2.75, 3.05) is 0 Å². The summed E-state index contributed by atoms with van der Waals surface area (Å²) in [6.07, 6.45) is 0. The standard InChI is InChI=1S/C12H8Cl2O2S2/c13-9-3-1-7(5-10(9)14)17-6-8-2-4-11(18-8)12(15)16/h1-5H,6H2,(H,15,16). The van der Waals surface area contributed by atoms with Crippen LogP contribution in [0.2, 0.25) is 10.0 Å². The highest BCUT2D eigenvalue weighted by Gasteiger charge is 2.07. The van der Waals surface area contributed by atoms with Crippen molar-refractivity contribution < 1.29 is 9.90 Å². The Morgan fingerprint density at radius 3 is 2.61 bits per heavy atom. The number of carboxylic acid groups (broad SMARTS) is 1. The number of hydrogen-bond donors (Lipinski definition) is 1. The highest BCUT2D eigenvalue weighted by atomic mass is 35.5. The predicted molar refractivity (Wildman–Crippen MR) is 77.3 cm³/mol. The molecule has 0 spiro atoms. The third-order valence-electron chi connectivity index (χ3n) is 2.14. The maximum Gasteiger partial charge on any atom is 0.345 e. The number of carboxylic acids is 1. The fourth-order valence-electron chi connectivity index (χ4n) is 1.29. The lowest BCUT2D eigenvalue weighted by atomic mass is 10.4. The zero-order valence-electron chi connectivity index (χ0n) is 9.02. The molecule has 1 aromatic carbocycles. The second-order valence-electron chi connectivity index (χ2n) is 3.44. The second-order valence-corrected chi connectivity index (χ2v) is 6.47. The Kier molecular flexibility index (Phi) is 4.56. The van der Waals surface area contributed by atoms with E-state index in [-0.39, 0.29) is 0 Å². The fourth-order valence-corrected chi connectivity index (χ4v) is 3.48. The molecule has 1 aromatic heterocycles. The second kappa shape index (κ2) is 5.97. The van der Waals surface area contributed by atoms with Crippen LogP contribution in [0.15, 0.2) is 35.2 Å². The number of benzene rings is 1. The first-order chi connectivity index (χ1) is 8.56. The zero-order valence-corrected chi connectivity index (χ0v) is 12.2. The molecule has 0 aliphatic rings. The molecule has 0 aliphatic heterocycles. The minimum absolute atomic E-state index is 0.361. The molecule has 0 atom stereocenters. The van der Waals surface area contributed by atoms with Gasteiger partial charge in [-0.05, 0) is 30.3 Å². The molecule has 0 radical (unpaired) electrons. The molecule has 0 amide bonds. The van der Waals surface area contributed by atoms with Gasteiger partial charge in [0.05, 0.1) is 10.0 Å². The average molecular weight is 319 g/mol. The van der Waals surface area contributed by atoms with E-state index >= 15 is 0 Å². The van der Waals surface area contributed by atoms with E-state index in [1.54, 1.807) is 30.0 Å². The van der Waals surface area contributed by atoms with Crippen molar-refractivity contribution in [3.63, 3.8) is 0 Å². The molecule has 6 heteroatoms. The summed E-state index contributed by atoms with van der Waals surface area (Å²) < 4.78 is 0. The third kappa shape index (κ3) is 3.42. The van der Waals surface area contributed by atoms with Crippen molar-refractivity contribution in [1.82, 2.24) is 0 Å². The summed E-state index contributed by atoms with van der Waals surface area (Å²) in [4.78, 5) is 13.1. The van der Waals surface area contributed by atoms with Gasteiger partial charge < -0.3 is 5.11 Å². The zero-order chi connectivity index (χ0) is 13.1. The summed E-state index contributed by atoms with van der Waals surface area (Å²) in [5.41, 5.74) is 0. The molecular formula is C12H8Cl2O2S2. The molecule has 1 heterocycles. The fraction of sp³-hybridized carbons (Fsp3) is 0.0833.